The Hall–Kier alpha value is -2.11. The summed E-state index contributed by atoms with van der Waals surface area (Å²) in [5, 5.41) is 9.16. The van der Waals surface area contributed by atoms with Gasteiger partial charge in [-0.15, -0.1) is 0 Å². The summed E-state index contributed by atoms with van der Waals surface area (Å²) in [7, 11) is 0. The van der Waals surface area contributed by atoms with Gasteiger partial charge in [0, 0.05) is 30.8 Å². The maximum Gasteiger partial charge on any atom is 0.315 e. The van der Waals surface area contributed by atoms with Crippen LogP contribution in [0.15, 0.2) is 24.5 Å². The molecule has 6 nitrogen and oxygen atoms in total. The van der Waals surface area contributed by atoms with E-state index in [-0.39, 0.29) is 28.9 Å². The molecule has 2 heterocycles. The number of carbonyl (C=O) groups excluding carboxylic acids is 2. The lowest BCUT2D eigenvalue weighted by molar-refractivity contribution is -0.127. The van der Waals surface area contributed by atoms with Crippen LogP contribution in [0.5, 0.6) is 0 Å². The van der Waals surface area contributed by atoms with E-state index in [0.29, 0.717) is 19.4 Å². The number of piperidine rings is 1. The Morgan fingerprint density at radius 2 is 2.08 bits per heavy atom. The molecule has 0 bridgehead atoms. The molecule has 1 saturated heterocycles. The normalized spacial score (nSPS) is 22.4. The predicted octanol–water partition coefficient (Wildman–Crippen LogP) is 1.86. The minimum Gasteiger partial charge on any atom is -0.349 e. The minimum atomic E-state index is -0.215. The molecule has 130 valence electrons. The highest BCUT2D eigenvalue weighted by Crippen LogP contribution is 2.38. The summed E-state index contributed by atoms with van der Waals surface area (Å²) in [5.74, 6) is 0.104. The van der Waals surface area contributed by atoms with E-state index in [1.54, 1.807) is 12.4 Å². The first-order valence-corrected chi connectivity index (χ1v) is 8.67. The van der Waals surface area contributed by atoms with Crippen LogP contribution in [0, 0.1) is 0 Å². The van der Waals surface area contributed by atoms with Gasteiger partial charge >= 0.3 is 6.03 Å². The van der Waals surface area contributed by atoms with Crippen molar-refractivity contribution in [2.75, 3.05) is 6.54 Å². The standard InChI is InChI=1S/C18H26N4O2/c1-17(2,13-6-10-19-11-7-13)12-20-16(24)21-14-4-5-15(23)22-18(14)8-3-9-18/h6-7,10-11,14H,3-5,8-9,12H2,1-2H3,(H,22,23)(H2,20,21,24)/t14-/m0/s1. The van der Waals surface area contributed by atoms with E-state index >= 15 is 0 Å². The third kappa shape index (κ3) is 3.37. The Balaban J connectivity index is 1.55. The summed E-state index contributed by atoms with van der Waals surface area (Å²) < 4.78 is 0. The fourth-order valence-electron chi connectivity index (χ4n) is 3.64. The van der Waals surface area contributed by atoms with Gasteiger partial charge in [-0.1, -0.05) is 13.8 Å². The molecule has 3 N–H and O–H groups in total. The van der Waals surface area contributed by atoms with Crippen LogP contribution in [0.2, 0.25) is 0 Å². The molecule has 1 saturated carbocycles. The van der Waals surface area contributed by atoms with E-state index < -0.39 is 0 Å². The first-order valence-electron chi connectivity index (χ1n) is 8.67. The van der Waals surface area contributed by atoms with Crippen molar-refractivity contribution in [1.29, 1.82) is 0 Å². The van der Waals surface area contributed by atoms with Crippen molar-refractivity contribution in [2.45, 2.75) is 62.9 Å². The topological polar surface area (TPSA) is 83.1 Å². The van der Waals surface area contributed by atoms with Crippen molar-refractivity contribution in [3.8, 4) is 0 Å². The van der Waals surface area contributed by atoms with Gasteiger partial charge in [0.05, 0.1) is 11.6 Å². The molecule has 0 radical (unpaired) electrons. The lowest BCUT2D eigenvalue weighted by atomic mass is 9.68. The maximum atomic E-state index is 12.4. The quantitative estimate of drug-likeness (QED) is 0.788. The van der Waals surface area contributed by atoms with Crippen LogP contribution in [0.3, 0.4) is 0 Å². The number of carbonyl (C=O) groups is 2. The number of amides is 3. The van der Waals surface area contributed by atoms with Crippen molar-refractivity contribution in [3.63, 3.8) is 0 Å². The van der Waals surface area contributed by atoms with Crippen molar-refractivity contribution in [3.05, 3.63) is 30.1 Å². The van der Waals surface area contributed by atoms with E-state index in [2.05, 4.69) is 34.8 Å². The molecule has 3 rings (SSSR count). The number of nitrogens with zero attached hydrogens (tertiary/aromatic N) is 1. The molecule has 1 spiro atoms. The molecule has 0 unspecified atom stereocenters. The van der Waals surface area contributed by atoms with Gasteiger partial charge in [0.15, 0.2) is 0 Å². The first-order chi connectivity index (χ1) is 11.4. The number of hydrogen-bond acceptors (Lipinski definition) is 3. The molecule has 2 aliphatic rings. The summed E-state index contributed by atoms with van der Waals surface area (Å²) in [5.41, 5.74) is 0.751. The van der Waals surface area contributed by atoms with E-state index in [1.165, 1.54) is 0 Å². The summed E-state index contributed by atoms with van der Waals surface area (Å²) >= 11 is 0. The summed E-state index contributed by atoms with van der Waals surface area (Å²) in [6.07, 6.45) is 7.74. The SMILES string of the molecule is CC(C)(CNC(=O)N[C@H]1CCC(=O)NC12CCC2)c1ccncc1. The number of hydrogen-bond donors (Lipinski definition) is 3. The van der Waals surface area contributed by atoms with Crippen molar-refractivity contribution < 1.29 is 9.59 Å². The average Bonchev–Trinajstić information content (AvgIpc) is 2.54. The van der Waals surface area contributed by atoms with Gasteiger partial charge in [-0.2, -0.15) is 0 Å². The van der Waals surface area contributed by atoms with Crippen LogP contribution < -0.4 is 16.0 Å². The fourth-order valence-corrected chi connectivity index (χ4v) is 3.64. The zero-order valence-corrected chi connectivity index (χ0v) is 14.4. The van der Waals surface area contributed by atoms with Gasteiger partial charge in [-0.25, -0.2) is 4.79 Å². The molecular weight excluding hydrogens is 304 g/mol. The second kappa shape index (κ2) is 6.42. The molecule has 1 aliphatic heterocycles. The van der Waals surface area contributed by atoms with Crippen LogP contribution in [0.1, 0.15) is 51.5 Å². The van der Waals surface area contributed by atoms with Crippen LogP contribution in [-0.4, -0.2) is 35.0 Å². The summed E-state index contributed by atoms with van der Waals surface area (Å²) in [6.45, 7) is 4.72. The molecule has 24 heavy (non-hydrogen) atoms. The molecule has 2 fully saturated rings. The number of urea groups is 1. The van der Waals surface area contributed by atoms with Crippen LogP contribution in [0.25, 0.3) is 0 Å². The smallest absolute Gasteiger partial charge is 0.315 e. The largest absolute Gasteiger partial charge is 0.349 e. The van der Waals surface area contributed by atoms with Gasteiger partial charge in [-0.05, 0) is 43.4 Å². The van der Waals surface area contributed by atoms with Crippen LogP contribution in [-0.2, 0) is 10.2 Å². The molecule has 3 amide bonds. The molecule has 1 atom stereocenters. The lowest BCUT2D eigenvalue weighted by Crippen LogP contribution is -2.69. The lowest BCUT2D eigenvalue weighted by Gasteiger charge is -2.50. The highest BCUT2D eigenvalue weighted by molar-refractivity contribution is 5.80. The number of nitrogens with one attached hydrogen (secondary N) is 3. The Kier molecular flexibility index (Phi) is 4.47. The van der Waals surface area contributed by atoms with E-state index in [0.717, 1.165) is 24.8 Å². The summed E-state index contributed by atoms with van der Waals surface area (Å²) in [4.78, 5) is 28.1. The Morgan fingerprint density at radius 3 is 2.71 bits per heavy atom. The second-order valence-corrected chi connectivity index (χ2v) is 7.60. The van der Waals surface area contributed by atoms with Crippen LogP contribution in [0.4, 0.5) is 4.79 Å². The summed E-state index contributed by atoms with van der Waals surface area (Å²) in [6, 6.07) is 3.80. The average molecular weight is 330 g/mol. The fraction of sp³-hybridized carbons (Fsp3) is 0.611. The Labute approximate surface area is 142 Å². The third-order valence-corrected chi connectivity index (χ3v) is 5.42. The molecule has 1 aromatic rings. The first kappa shape index (κ1) is 16.7. The monoisotopic (exact) mass is 330 g/mol. The molecule has 1 aliphatic carbocycles. The van der Waals surface area contributed by atoms with E-state index in [1.807, 2.05) is 12.1 Å². The van der Waals surface area contributed by atoms with Crippen LogP contribution >= 0.6 is 0 Å². The van der Waals surface area contributed by atoms with Gasteiger partial charge in [0.1, 0.15) is 0 Å². The molecule has 1 aromatic heterocycles. The van der Waals surface area contributed by atoms with Crippen molar-refractivity contribution >= 4 is 11.9 Å². The molecule has 6 heteroatoms. The van der Waals surface area contributed by atoms with Gasteiger partial charge in [0.2, 0.25) is 5.91 Å². The molecule has 0 aromatic carbocycles. The second-order valence-electron chi connectivity index (χ2n) is 7.60. The van der Waals surface area contributed by atoms with Gasteiger partial charge in [-0.3, -0.25) is 9.78 Å². The predicted molar refractivity (Wildman–Crippen MR) is 91.5 cm³/mol. The third-order valence-electron chi connectivity index (χ3n) is 5.42. The highest BCUT2D eigenvalue weighted by atomic mass is 16.2. The maximum absolute atomic E-state index is 12.4. The zero-order chi connectivity index (χ0) is 17.2. The molecular formula is C18H26N4O2. The van der Waals surface area contributed by atoms with E-state index in [9.17, 15) is 9.59 Å². The zero-order valence-electron chi connectivity index (χ0n) is 14.4. The number of aromatic nitrogens is 1. The number of pyridine rings is 1. The Morgan fingerprint density at radius 1 is 1.38 bits per heavy atom. The van der Waals surface area contributed by atoms with Crippen molar-refractivity contribution in [2.24, 2.45) is 0 Å². The number of rotatable bonds is 4. The minimum absolute atomic E-state index is 0.0213. The van der Waals surface area contributed by atoms with Crippen molar-refractivity contribution in [1.82, 2.24) is 20.9 Å². The van der Waals surface area contributed by atoms with Gasteiger partial charge in [0.25, 0.3) is 0 Å². The Bertz CT molecular complexity index is 611. The highest BCUT2D eigenvalue weighted by Gasteiger charge is 2.48. The van der Waals surface area contributed by atoms with E-state index in [4.69, 9.17) is 0 Å². The van der Waals surface area contributed by atoms with Gasteiger partial charge < -0.3 is 16.0 Å².